The normalized spacial score (nSPS) is 16.2. The summed E-state index contributed by atoms with van der Waals surface area (Å²) < 4.78 is 27.4. The summed E-state index contributed by atoms with van der Waals surface area (Å²) in [5.74, 6) is -0.234. The van der Waals surface area contributed by atoms with Gasteiger partial charge in [0.1, 0.15) is 0 Å². The fourth-order valence-corrected chi connectivity index (χ4v) is 6.07. The second-order valence-electron chi connectivity index (χ2n) is 9.18. The standard InChI is InChI=1S/C28H32N2O3S/c1-21-11-13-25(14-12-21)27(24-9-4-3-5-10-24)29-28(31)26-15-17-30(18-16-26)34(32,33)20-23-8-6-7-22(2)19-23/h3-14,19,26-27H,15-18,20H2,1-2H3,(H,29,31)/t27-/m0/s1. The molecule has 34 heavy (non-hydrogen) atoms. The molecule has 0 bridgehead atoms. The van der Waals surface area contributed by atoms with Crippen LogP contribution in [0.15, 0.2) is 78.9 Å². The van der Waals surface area contributed by atoms with Crippen molar-refractivity contribution in [3.8, 4) is 0 Å². The molecule has 0 radical (unpaired) electrons. The van der Waals surface area contributed by atoms with Gasteiger partial charge in [0.2, 0.25) is 15.9 Å². The number of benzene rings is 3. The van der Waals surface area contributed by atoms with E-state index in [9.17, 15) is 13.2 Å². The van der Waals surface area contributed by atoms with E-state index < -0.39 is 10.0 Å². The minimum absolute atomic E-state index is 0.00491. The zero-order valence-corrected chi connectivity index (χ0v) is 20.6. The Morgan fingerprint density at radius 3 is 2.18 bits per heavy atom. The molecule has 1 amide bonds. The first kappa shape index (κ1) is 24.2. The topological polar surface area (TPSA) is 66.5 Å². The number of nitrogens with zero attached hydrogens (tertiary/aromatic N) is 1. The van der Waals surface area contributed by atoms with Crippen molar-refractivity contribution in [3.05, 3.63) is 107 Å². The smallest absolute Gasteiger partial charge is 0.223 e. The highest BCUT2D eigenvalue weighted by Gasteiger charge is 2.32. The third-order valence-electron chi connectivity index (χ3n) is 6.48. The van der Waals surface area contributed by atoms with Gasteiger partial charge in [0.15, 0.2) is 0 Å². The van der Waals surface area contributed by atoms with Gasteiger partial charge in [-0.25, -0.2) is 12.7 Å². The first-order chi connectivity index (χ1) is 16.3. The van der Waals surface area contributed by atoms with Crippen LogP contribution in [0.3, 0.4) is 0 Å². The maximum absolute atomic E-state index is 13.2. The maximum atomic E-state index is 13.2. The highest BCUT2D eigenvalue weighted by Crippen LogP contribution is 2.26. The summed E-state index contributed by atoms with van der Waals surface area (Å²) in [6.07, 6.45) is 1.04. The van der Waals surface area contributed by atoms with E-state index in [0.717, 1.165) is 22.3 Å². The Morgan fingerprint density at radius 2 is 1.53 bits per heavy atom. The van der Waals surface area contributed by atoms with Crippen molar-refractivity contribution < 1.29 is 13.2 Å². The van der Waals surface area contributed by atoms with Gasteiger partial charge in [-0.15, -0.1) is 0 Å². The van der Waals surface area contributed by atoms with Crippen LogP contribution in [0.2, 0.25) is 0 Å². The average molecular weight is 477 g/mol. The zero-order valence-electron chi connectivity index (χ0n) is 19.8. The monoisotopic (exact) mass is 476 g/mol. The van der Waals surface area contributed by atoms with Crippen LogP contribution in [0.25, 0.3) is 0 Å². The van der Waals surface area contributed by atoms with Crippen molar-refractivity contribution in [3.63, 3.8) is 0 Å². The van der Waals surface area contributed by atoms with E-state index in [1.165, 1.54) is 9.87 Å². The van der Waals surface area contributed by atoms with Gasteiger partial charge in [-0.05, 0) is 43.4 Å². The van der Waals surface area contributed by atoms with E-state index in [0.29, 0.717) is 25.9 Å². The molecule has 1 heterocycles. The van der Waals surface area contributed by atoms with Crippen LogP contribution in [0.4, 0.5) is 0 Å². The van der Waals surface area contributed by atoms with Crippen molar-refractivity contribution in [2.75, 3.05) is 13.1 Å². The molecule has 1 N–H and O–H groups in total. The third-order valence-corrected chi connectivity index (χ3v) is 8.33. The summed E-state index contributed by atoms with van der Waals surface area (Å²) in [6.45, 7) is 4.74. The lowest BCUT2D eigenvalue weighted by atomic mass is 9.94. The van der Waals surface area contributed by atoms with Gasteiger partial charge in [-0.1, -0.05) is 90.0 Å². The van der Waals surface area contributed by atoms with Gasteiger partial charge >= 0.3 is 0 Å². The summed E-state index contributed by atoms with van der Waals surface area (Å²) in [7, 11) is -3.41. The SMILES string of the molecule is Cc1ccc([C@@H](NC(=O)C2CCN(S(=O)(=O)Cc3cccc(C)c3)CC2)c2ccccc2)cc1. The number of piperidine rings is 1. The Kier molecular flexibility index (Phi) is 7.49. The quantitative estimate of drug-likeness (QED) is 0.535. The number of carbonyl (C=O) groups is 1. The number of amides is 1. The van der Waals surface area contributed by atoms with Gasteiger partial charge in [-0.3, -0.25) is 4.79 Å². The van der Waals surface area contributed by atoms with Crippen LogP contribution in [0.5, 0.6) is 0 Å². The largest absolute Gasteiger partial charge is 0.345 e. The first-order valence-electron chi connectivity index (χ1n) is 11.8. The Bertz CT molecular complexity index is 1220. The number of sulfonamides is 1. The van der Waals surface area contributed by atoms with Gasteiger partial charge in [0, 0.05) is 19.0 Å². The maximum Gasteiger partial charge on any atom is 0.223 e. The summed E-state index contributed by atoms with van der Waals surface area (Å²) in [5.41, 5.74) is 5.07. The molecule has 1 saturated heterocycles. The number of rotatable bonds is 7. The minimum atomic E-state index is -3.41. The first-order valence-corrected chi connectivity index (χ1v) is 13.4. The third kappa shape index (κ3) is 5.93. The van der Waals surface area contributed by atoms with Gasteiger partial charge in [0.05, 0.1) is 11.8 Å². The number of hydrogen-bond acceptors (Lipinski definition) is 3. The van der Waals surface area contributed by atoms with E-state index in [1.807, 2.05) is 80.6 Å². The molecule has 0 unspecified atom stereocenters. The van der Waals surface area contributed by atoms with Crippen LogP contribution in [-0.2, 0) is 20.6 Å². The number of carbonyl (C=O) groups excluding carboxylic acids is 1. The van der Waals surface area contributed by atoms with Gasteiger partial charge < -0.3 is 5.32 Å². The Morgan fingerprint density at radius 1 is 0.882 bits per heavy atom. The van der Waals surface area contributed by atoms with Crippen molar-refractivity contribution in [1.29, 1.82) is 0 Å². The number of hydrogen-bond donors (Lipinski definition) is 1. The lowest BCUT2D eigenvalue weighted by Gasteiger charge is -2.31. The van der Waals surface area contributed by atoms with Crippen molar-refractivity contribution in [2.24, 2.45) is 5.92 Å². The fourth-order valence-electron chi connectivity index (χ4n) is 4.52. The van der Waals surface area contributed by atoms with Crippen LogP contribution < -0.4 is 5.32 Å². The molecule has 0 aliphatic carbocycles. The molecule has 4 rings (SSSR count). The highest BCUT2D eigenvalue weighted by atomic mass is 32.2. The molecular formula is C28H32N2O3S. The zero-order chi connectivity index (χ0) is 24.1. The van der Waals surface area contributed by atoms with E-state index in [4.69, 9.17) is 0 Å². The van der Waals surface area contributed by atoms with Crippen LogP contribution in [0, 0.1) is 19.8 Å². The lowest BCUT2D eigenvalue weighted by molar-refractivity contribution is -0.126. The molecule has 3 aromatic rings. The Hall–Kier alpha value is -2.96. The summed E-state index contributed by atoms with van der Waals surface area (Å²) >= 11 is 0. The summed E-state index contributed by atoms with van der Waals surface area (Å²) in [5, 5.41) is 3.23. The van der Waals surface area contributed by atoms with Crippen molar-refractivity contribution in [2.45, 2.75) is 38.5 Å². The molecule has 1 fully saturated rings. The molecule has 1 aliphatic heterocycles. The molecule has 178 valence electrons. The Balaban J connectivity index is 1.41. The highest BCUT2D eigenvalue weighted by molar-refractivity contribution is 7.88. The molecule has 1 aliphatic rings. The molecule has 0 saturated carbocycles. The lowest BCUT2D eigenvalue weighted by Crippen LogP contribution is -2.44. The molecule has 0 aromatic heterocycles. The van der Waals surface area contributed by atoms with Gasteiger partial charge in [0.25, 0.3) is 0 Å². The summed E-state index contributed by atoms with van der Waals surface area (Å²) in [4.78, 5) is 13.2. The van der Waals surface area contributed by atoms with Crippen molar-refractivity contribution in [1.82, 2.24) is 9.62 Å². The van der Waals surface area contributed by atoms with Crippen molar-refractivity contribution >= 4 is 15.9 Å². The van der Waals surface area contributed by atoms with Crippen LogP contribution >= 0.6 is 0 Å². The summed E-state index contributed by atoms with van der Waals surface area (Å²) in [6, 6.07) is 25.5. The number of nitrogens with one attached hydrogen (secondary N) is 1. The second-order valence-corrected chi connectivity index (χ2v) is 11.2. The molecular weight excluding hydrogens is 444 g/mol. The van der Waals surface area contributed by atoms with E-state index >= 15 is 0 Å². The molecule has 3 aromatic carbocycles. The average Bonchev–Trinajstić information content (AvgIpc) is 2.83. The Labute approximate surface area is 202 Å². The molecule has 6 heteroatoms. The minimum Gasteiger partial charge on any atom is -0.345 e. The molecule has 1 atom stereocenters. The predicted octanol–water partition coefficient (Wildman–Crippen LogP) is 4.75. The number of aryl methyl sites for hydroxylation is 2. The van der Waals surface area contributed by atoms with Crippen LogP contribution in [0.1, 0.15) is 46.7 Å². The van der Waals surface area contributed by atoms with E-state index in [1.54, 1.807) is 0 Å². The van der Waals surface area contributed by atoms with Gasteiger partial charge in [-0.2, -0.15) is 0 Å². The van der Waals surface area contributed by atoms with E-state index in [2.05, 4.69) is 17.4 Å². The van der Waals surface area contributed by atoms with E-state index in [-0.39, 0.29) is 23.6 Å². The molecule has 0 spiro atoms. The fraction of sp³-hybridized carbons (Fsp3) is 0.321. The molecule has 5 nitrogen and oxygen atoms in total. The predicted molar refractivity (Wildman–Crippen MR) is 136 cm³/mol. The second kappa shape index (κ2) is 10.5. The van der Waals surface area contributed by atoms with Crippen LogP contribution in [-0.4, -0.2) is 31.7 Å².